The van der Waals surface area contributed by atoms with Gasteiger partial charge in [0.25, 0.3) is 0 Å². The van der Waals surface area contributed by atoms with Gasteiger partial charge in [0, 0.05) is 11.8 Å². The zero-order valence-corrected chi connectivity index (χ0v) is 10.2. The first kappa shape index (κ1) is 11.3. The molecule has 0 radical (unpaired) electrons. The van der Waals surface area contributed by atoms with Gasteiger partial charge in [0.1, 0.15) is 6.07 Å². The minimum Gasteiger partial charge on any atom is -0.227 e. The Bertz CT molecular complexity index is 586. The summed E-state index contributed by atoms with van der Waals surface area (Å²) in [5.74, 6) is 0.210. The molecular weight excluding hydrogens is 210 g/mol. The van der Waals surface area contributed by atoms with Gasteiger partial charge in [-0.05, 0) is 38.0 Å². The highest BCUT2D eigenvalue weighted by atomic mass is 14.9. The van der Waals surface area contributed by atoms with E-state index in [2.05, 4.69) is 42.9 Å². The molecule has 0 aliphatic rings. The maximum absolute atomic E-state index is 8.82. The van der Waals surface area contributed by atoms with Gasteiger partial charge < -0.3 is 0 Å². The zero-order chi connectivity index (χ0) is 12.4. The van der Waals surface area contributed by atoms with Crippen LogP contribution in [0, 0.1) is 32.1 Å². The zero-order valence-electron chi connectivity index (χ0n) is 10.2. The highest BCUT2D eigenvalue weighted by Crippen LogP contribution is 2.26. The molecule has 2 rings (SSSR count). The van der Waals surface area contributed by atoms with Crippen LogP contribution >= 0.6 is 0 Å². The molecule has 0 atom stereocenters. The predicted octanol–water partition coefficient (Wildman–Crippen LogP) is 2.94. The van der Waals surface area contributed by atoms with E-state index < -0.39 is 0 Å². The topological polar surface area (TPSA) is 49.6 Å². The Balaban J connectivity index is 2.65. The fourth-order valence-electron chi connectivity index (χ4n) is 2.14. The van der Waals surface area contributed by atoms with Gasteiger partial charge in [0.15, 0.2) is 0 Å². The van der Waals surface area contributed by atoms with E-state index in [9.17, 15) is 0 Å². The van der Waals surface area contributed by atoms with Crippen LogP contribution in [0.4, 0.5) is 0 Å². The third-order valence-corrected chi connectivity index (χ3v) is 2.69. The molecule has 0 saturated heterocycles. The minimum absolute atomic E-state index is 0.210. The second kappa shape index (κ2) is 4.34. The monoisotopic (exact) mass is 223 g/mol. The van der Waals surface area contributed by atoms with Gasteiger partial charge in [0.2, 0.25) is 5.82 Å². The smallest absolute Gasteiger partial charge is 0.227 e. The molecule has 0 aliphatic carbocycles. The lowest BCUT2D eigenvalue weighted by molar-refractivity contribution is 1.11. The fourth-order valence-corrected chi connectivity index (χ4v) is 2.14. The number of aromatic nitrogens is 2. The van der Waals surface area contributed by atoms with Crippen molar-refractivity contribution in [2.75, 3.05) is 0 Å². The molecule has 0 fully saturated rings. The minimum atomic E-state index is 0.210. The summed E-state index contributed by atoms with van der Waals surface area (Å²) in [5.41, 5.74) is 5.48. The van der Waals surface area contributed by atoms with Gasteiger partial charge in [-0.2, -0.15) is 5.26 Å². The Labute approximate surface area is 101 Å². The van der Waals surface area contributed by atoms with E-state index in [0.29, 0.717) is 0 Å². The van der Waals surface area contributed by atoms with Crippen molar-refractivity contribution in [3.8, 4) is 17.3 Å². The van der Waals surface area contributed by atoms with Crippen molar-refractivity contribution in [2.45, 2.75) is 20.8 Å². The maximum Gasteiger partial charge on any atom is 0.232 e. The van der Waals surface area contributed by atoms with Crippen molar-refractivity contribution in [1.29, 1.82) is 5.26 Å². The van der Waals surface area contributed by atoms with Gasteiger partial charge in [0.05, 0.1) is 5.69 Å². The predicted molar refractivity (Wildman–Crippen MR) is 66.4 cm³/mol. The van der Waals surface area contributed by atoms with Crippen LogP contribution in [0.3, 0.4) is 0 Å². The summed E-state index contributed by atoms with van der Waals surface area (Å²) in [6, 6.07) is 8.05. The molecule has 17 heavy (non-hydrogen) atoms. The van der Waals surface area contributed by atoms with Gasteiger partial charge in [-0.1, -0.05) is 17.7 Å². The summed E-state index contributed by atoms with van der Waals surface area (Å²) >= 11 is 0. The van der Waals surface area contributed by atoms with Crippen molar-refractivity contribution in [3.05, 3.63) is 46.9 Å². The van der Waals surface area contributed by atoms with E-state index in [0.717, 1.165) is 11.3 Å². The number of benzene rings is 1. The Hall–Kier alpha value is -2.21. The number of hydrogen-bond acceptors (Lipinski definition) is 3. The molecule has 0 unspecified atom stereocenters. The van der Waals surface area contributed by atoms with Gasteiger partial charge in [-0.25, -0.2) is 9.97 Å². The molecular formula is C14H13N3. The van der Waals surface area contributed by atoms with E-state index in [1.807, 2.05) is 12.1 Å². The Morgan fingerprint density at radius 1 is 1.12 bits per heavy atom. The van der Waals surface area contributed by atoms with Crippen molar-refractivity contribution in [3.63, 3.8) is 0 Å². The number of hydrogen-bond donors (Lipinski definition) is 0. The Morgan fingerprint density at radius 3 is 2.35 bits per heavy atom. The normalized spacial score (nSPS) is 10.0. The van der Waals surface area contributed by atoms with Crippen molar-refractivity contribution >= 4 is 0 Å². The average molecular weight is 223 g/mol. The van der Waals surface area contributed by atoms with E-state index >= 15 is 0 Å². The number of aryl methyl sites for hydroxylation is 3. The standard InChI is InChI=1S/C14H13N3/c1-9-6-10(2)14(11(3)7-9)12-4-5-16-13(8-15)17-12/h4-7H,1-3H3. The van der Waals surface area contributed by atoms with Crippen molar-refractivity contribution < 1.29 is 0 Å². The molecule has 0 amide bonds. The SMILES string of the molecule is Cc1cc(C)c(-c2ccnc(C#N)n2)c(C)c1. The molecule has 0 spiro atoms. The maximum atomic E-state index is 8.82. The average Bonchev–Trinajstić information content (AvgIpc) is 2.28. The molecule has 84 valence electrons. The van der Waals surface area contributed by atoms with Crippen LogP contribution in [0.5, 0.6) is 0 Å². The van der Waals surface area contributed by atoms with E-state index in [1.54, 1.807) is 6.20 Å². The molecule has 1 aromatic carbocycles. The Kier molecular flexibility index (Phi) is 2.88. The lowest BCUT2D eigenvalue weighted by Crippen LogP contribution is -1.95. The molecule has 0 aliphatic heterocycles. The van der Waals surface area contributed by atoms with Gasteiger partial charge in [-0.3, -0.25) is 0 Å². The molecule has 3 nitrogen and oxygen atoms in total. The van der Waals surface area contributed by atoms with Crippen LogP contribution in [0.1, 0.15) is 22.5 Å². The molecule has 0 bridgehead atoms. The van der Waals surface area contributed by atoms with Crippen LogP contribution in [0.2, 0.25) is 0 Å². The first-order chi connectivity index (χ1) is 8.11. The van der Waals surface area contributed by atoms with Crippen LogP contribution < -0.4 is 0 Å². The van der Waals surface area contributed by atoms with Crippen LogP contribution in [0.25, 0.3) is 11.3 Å². The van der Waals surface area contributed by atoms with Crippen LogP contribution in [0.15, 0.2) is 24.4 Å². The number of nitriles is 1. The van der Waals surface area contributed by atoms with E-state index in [4.69, 9.17) is 5.26 Å². The van der Waals surface area contributed by atoms with Crippen molar-refractivity contribution in [2.24, 2.45) is 0 Å². The van der Waals surface area contributed by atoms with Crippen molar-refractivity contribution in [1.82, 2.24) is 9.97 Å². The molecule has 1 aromatic heterocycles. The summed E-state index contributed by atoms with van der Waals surface area (Å²) in [6.45, 7) is 6.19. The first-order valence-electron chi connectivity index (χ1n) is 5.43. The van der Waals surface area contributed by atoms with E-state index in [1.165, 1.54) is 16.7 Å². The fraction of sp³-hybridized carbons (Fsp3) is 0.214. The molecule has 3 heteroatoms. The van der Waals surface area contributed by atoms with Gasteiger partial charge >= 0.3 is 0 Å². The summed E-state index contributed by atoms with van der Waals surface area (Å²) < 4.78 is 0. The highest BCUT2D eigenvalue weighted by molar-refractivity contribution is 5.68. The second-order valence-electron chi connectivity index (χ2n) is 4.15. The number of rotatable bonds is 1. The quantitative estimate of drug-likeness (QED) is 0.746. The third kappa shape index (κ3) is 2.16. The first-order valence-corrected chi connectivity index (χ1v) is 5.43. The van der Waals surface area contributed by atoms with Gasteiger partial charge in [-0.15, -0.1) is 0 Å². The third-order valence-electron chi connectivity index (χ3n) is 2.69. The van der Waals surface area contributed by atoms with Crippen LogP contribution in [-0.2, 0) is 0 Å². The summed E-state index contributed by atoms with van der Waals surface area (Å²) in [4.78, 5) is 8.13. The second-order valence-corrected chi connectivity index (χ2v) is 4.15. The van der Waals surface area contributed by atoms with E-state index in [-0.39, 0.29) is 5.82 Å². The lowest BCUT2D eigenvalue weighted by atomic mass is 9.97. The highest BCUT2D eigenvalue weighted by Gasteiger charge is 2.08. The molecule has 0 saturated carbocycles. The number of nitrogens with zero attached hydrogens (tertiary/aromatic N) is 3. The summed E-state index contributed by atoms with van der Waals surface area (Å²) in [7, 11) is 0. The Morgan fingerprint density at radius 2 is 1.76 bits per heavy atom. The molecule has 2 aromatic rings. The lowest BCUT2D eigenvalue weighted by Gasteiger charge is -2.10. The molecule has 1 heterocycles. The summed E-state index contributed by atoms with van der Waals surface area (Å²) in [6.07, 6.45) is 1.62. The summed E-state index contributed by atoms with van der Waals surface area (Å²) in [5, 5.41) is 8.82. The van der Waals surface area contributed by atoms with Crippen LogP contribution in [-0.4, -0.2) is 9.97 Å². The molecule has 0 N–H and O–H groups in total. The largest absolute Gasteiger partial charge is 0.232 e.